The molecule has 2 heteroatoms. The Labute approximate surface area is 366 Å². The van der Waals surface area contributed by atoms with Crippen molar-refractivity contribution in [3.63, 3.8) is 0 Å². The Balaban J connectivity index is 1.11. The second-order valence-electron chi connectivity index (χ2n) is 16.7. The lowest BCUT2D eigenvalue weighted by Crippen LogP contribution is -2.26. The first kappa shape index (κ1) is 35.5. The fraction of sp³-hybridized carbons (Fsp3) is 0.0164. The highest BCUT2D eigenvalue weighted by atomic mass is 16.3. The summed E-state index contributed by atoms with van der Waals surface area (Å²) in [5.74, 6) is 0. The molecule has 2 aliphatic rings. The van der Waals surface area contributed by atoms with Crippen LogP contribution in [-0.2, 0) is 5.41 Å². The number of nitrogens with zero attached hydrogens (tertiary/aromatic N) is 1. The summed E-state index contributed by atoms with van der Waals surface area (Å²) in [6.07, 6.45) is 0. The van der Waals surface area contributed by atoms with Crippen LogP contribution >= 0.6 is 0 Å². The molecule has 0 amide bonds. The molecule has 0 radical (unpaired) electrons. The van der Waals surface area contributed by atoms with Gasteiger partial charge >= 0.3 is 0 Å². The normalized spacial score (nSPS) is 12.9. The van der Waals surface area contributed by atoms with Crippen molar-refractivity contribution < 1.29 is 4.42 Å². The van der Waals surface area contributed by atoms with Crippen LogP contribution in [-0.4, -0.2) is 0 Å². The van der Waals surface area contributed by atoms with E-state index in [-0.39, 0.29) is 0 Å². The average molecular weight is 802 g/mol. The number of hydrogen-bond donors (Lipinski definition) is 0. The number of anilines is 3. The zero-order chi connectivity index (χ0) is 41.5. The topological polar surface area (TPSA) is 16.4 Å². The average Bonchev–Trinajstić information content (AvgIpc) is 4.00. The lowest BCUT2D eigenvalue weighted by Gasteiger charge is -2.33. The van der Waals surface area contributed by atoms with E-state index in [9.17, 15) is 0 Å². The van der Waals surface area contributed by atoms with Gasteiger partial charge < -0.3 is 9.32 Å². The van der Waals surface area contributed by atoms with Crippen molar-refractivity contribution in [2.75, 3.05) is 4.90 Å². The Morgan fingerprint density at radius 2 is 0.746 bits per heavy atom. The van der Waals surface area contributed by atoms with Crippen molar-refractivity contribution in [1.29, 1.82) is 0 Å². The first-order valence-electron chi connectivity index (χ1n) is 21.8. The molecule has 2 nitrogen and oxygen atoms in total. The maximum atomic E-state index is 6.50. The van der Waals surface area contributed by atoms with Crippen molar-refractivity contribution in [3.8, 4) is 55.6 Å². The van der Waals surface area contributed by atoms with E-state index in [1.807, 2.05) is 6.07 Å². The van der Waals surface area contributed by atoms with E-state index in [4.69, 9.17) is 4.42 Å². The lowest BCUT2D eigenvalue weighted by atomic mass is 9.70. The highest BCUT2D eigenvalue weighted by Gasteiger charge is 2.52. The van der Waals surface area contributed by atoms with E-state index >= 15 is 0 Å². The third-order valence-electron chi connectivity index (χ3n) is 13.5. The highest BCUT2D eigenvalue weighted by molar-refractivity contribution is 6.14. The summed E-state index contributed by atoms with van der Waals surface area (Å²) in [7, 11) is 0. The molecular formula is C61H39NO. The van der Waals surface area contributed by atoms with Gasteiger partial charge in [0.05, 0.1) is 22.5 Å². The molecule has 0 unspecified atom stereocenters. The van der Waals surface area contributed by atoms with Crippen LogP contribution < -0.4 is 4.90 Å². The monoisotopic (exact) mass is 801 g/mol. The standard InChI is InChI=1S/C61H39NO/c1-2-18-40(19-3-1)41-36-38-42(39-37-41)43-20-7-13-31-54(43)62(55-32-14-8-23-46(55)47-26-16-35-58-59(47)49-25-9-15-34-57(49)63-58)56-33-17-30-53-60(56)48-24-6-12-29-52(48)61(53)50-27-10-4-21-44(50)45-22-5-11-28-51(45)61/h1-39H. The van der Waals surface area contributed by atoms with E-state index in [1.54, 1.807) is 0 Å². The number of furan rings is 1. The van der Waals surface area contributed by atoms with Gasteiger partial charge in [0.2, 0.25) is 0 Å². The highest BCUT2D eigenvalue weighted by Crippen LogP contribution is 2.65. The third kappa shape index (κ3) is 5.13. The van der Waals surface area contributed by atoms with E-state index < -0.39 is 5.41 Å². The summed E-state index contributed by atoms with van der Waals surface area (Å²) in [6.45, 7) is 0. The zero-order valence-corrected chi connectivity index (χ0v) is 34.4. The van der Waals surface area contributed by atoms with Gasteiger partial charge in [-0.1, -0.05) is 206 Å². The van der Waals surface area contributed by atoms with Crippen LogP contribution in [0.15, 0.2) is 241 Å². The van der Waals surface area contributed by atoms with E-state index in [2.05, 4.69) is 235 Å². The van der Waals surface area contributed by atoms with Crippen LogP contribution in [0.3, 0.4) is 0 Å². The Kier molecular flexibility index (Phi) is 7.85. The molecule has 63 heavy (non-hydrogen) atoms. The second-order valence-corrected chi connectivity index (χ2v) is 16.7. The van der Waals surface area contributed by atoms with Gasteiger partial charge in [-0.25, -0.2) is 0 Å². The SMILES string of the molecule is c1ccc(-c2ccc(-c3ccccc3N(c3ccccc3-c3cccc4oc5ccccc5c34)c3cccc4c3-c3ccccc3C43c4ccccc4-c4ccccc43)cc2)cc1. The first-order chi connectivity index (χ1) is 31.3. The number of rotatable bonds is 6. The van der Waals surface area contributed by atoms with Crippen molar-refractivity contribution in [1.82, 2.24) is 0 Å². The molecule has 0 saturated carbocycles. The van der Waals surface area contributed by atoms with Gasteiger partial charge in [-0.3, -0.25) is 0 Å². The third-order valence-corrected chi connectivity index (χ3v) is 13.5. The summed E-state index contributed by atoms with van der Waals surface area (Å²) < 4.78 is 6.50. The van der Waals surface area contributed by atoms with Crippen LogP contribution in [0.25, 0.3) is 77.6 Å². The minimum atomic E-state index is -0.478. The Morgan fingerprint density at radius 3 is 1.48 bits per heavy atom. The van der Waals surface area contributed by atoms with Crippen LogP contribution in [0, 0.1) is 0 Å². The zero-order valence-electron chi connectivity index (χ0n) is 34.4. The quantitative estimate of drug-likeness (QED) is 0.167. The molecule has 0 bridgehead atoms. The molecule has 294 valence electrons. The van der Waals surface area contributed by atoms with Crippen molar-refractivity contribution >= 4 is 39.0 Å². The molecule has 11 aromatic rings. The largest absolute Gasteiger partial charge is 0.456 e. The predicted octanol–water partition coefficient (Wildman–Crippen LogP) is 16.4. The van der Waals surface area contributed by atoms with Crippen LogP contribution in [0.2, 0.25) is 0 Å². The fourth-order valence-corrected chi connectivity index (χ4v) is 11.0. The van der Waals surface area contributed by atoms with Crippen molar-refractivity contribution in [2.24, 2.45) is 0 Å². The van der Waals surface area contributed by atoms with Gasteiger partial charge in [-0.2, -0.15) is 0 Å². The van der Waals surface area contributed by atoms with Crippen LogP contribution in [0.4, 0.5) is 17.1 Å². The van der Waals surface area contributed by atoms with Crippen molar-refractivity contribution in [2.45, 2.75) is 5.41 Å². The van der Waals surface area contributed by atoms with Gasteiger partial charge in [-0.15, -0.1) is 0 Å². The molecule has 0 atom stereocenters. The molecule has 10 aromatic carbocycles. The van der Waals surface area contributed by atoms with Gasteiger partial charge in [0.25, 0.3) is 0 Å². The summed E-state index contributed by atoms with van der Waals surface area (Å²) in [5, 5.41) is 2.23. The van der Waals surface area contributed by atoms with Gasteiger partial charge in [0, 0.05) is 27.5 Å². The Hall–Kier alpha value is -8.20. The van der Waals surface area contributed by atoms with Gasteiger partial charge in [0.15, 0.2) is 0 Å². The molecule has 0 fully saturated rings. The maximum absolute atomic E-state index is 6.50. The molecule has 1 aromatic heterocycles. The Bertz CT molecular complexity index is 3530. The molecular weight excluding hydrogens is 763 g/mol. The fourth-order valence-electron chi connectivity index (χ4n) is 11.0. The Morgan fingerprint density at radius 1 is 0.286 bits per heavy atom. The maximum Gasteiger partial charge on any atom is 0.136 e. The molecule has 13 rings (SSSR count). The number of para-hydroxylation sites is 3. The number of hydrogen-bond acceptors (Lipinski definition) is 2. The molecule has 1 heterocycles. The van der Waals surface area contributed by atoms with Gasteiger partial charge in [-0.05, 0) is 91.5 Å². The summed E-state index contributed by atoms with van der Waals surface area (Å²) in [6, 6.07) is 86.6. The summed E-state index contributed by atoms with van der Waals surface area (Å²) >= 11 is 0. The van der Waals surface area contributed by atoms with Crippen LogP contribution in [0.1, 0.15) is 22.3 Å². The number of benzene rings is 10. The lowest BCUT2D eigenvalue weighted by molar-refractivity contribution is 0.669. The smallest absolute Gasteiger partial charge is 0.136 e. The summed E-state index contributed by atoms with van der Waals surface area (Å²) in [4.78, 5) is 2.54. The molecule has 0 aliphatic heterocycles. The minimum Gasteiger partial charge on any atom is -0.456 e. The van der Waals surface area contributed by atoms with E-state index in [0.717, 1.165) is 61.3 Å². The molecule has 1 spiro atoms. The van der Waals surface area contributed by atoms with E-state index in [0.29, 0.717) is 0 Å². The second kappa shape index (κ2) is 13.9. The molecule has 0 saturated heterocycles. The van der Waals surface area contributed by atoms with Crippen molar-refractivity contribution in [3.05, 3.63) is 259 Å². The number of fused-ring (bicyclic) bond motifs is 13. The van der Waals surface area contributed by atoms with Crippen LogP contribution in [0.5, 0.6) is 0 Å². The van der Waals surface area contributed by atoms with E-state index in [1.165, 1.54) is 55.6 Å². The molecule has 0 N–H and O–H groups in total. The predicted molar refractivity (Wildman–Crippen MR) is 261 cm³/mol. The first-order valence-corrected chi connectivity index (χ1v) is 21.8. The summed E-state index contributed by atoms with van der Waals surface area (Å²) in [5.41, 5.74) is 21.9. The minimum absolute atomic E-state index is 0.478. The molecule has 2 aliphatic carbocycles. The van der Waals surface area contributed by atoms with Gasteiger partial charge in [0.1, 0.15) is 11.2 Å².